The van der Waals surface area contributed by atoms with Crippen molar-refractivity contribution in [1.29, 1.82) is 0 Å². The minimum absolute atomic E-state index is 0.0822. The minimum Gasteiger partial charge on any atom is -0.351 e. The first-order valence-electron chi connectivity index (χ1n) is 8.01. The molecule has 0 saturated carbocycles. The van der Waals surface area contributed by atoms with Crippen LogP contribution in [0.1, 0.15) is 17.0 Å². The topological polar surface area (TPSA) is 72.7 Å². The second kappa shape index (κ2) is 8.33. The summed E-state index contributed by atoms with van der Waals surface area (Å²) in [7, 11) is 0. The summed E-state index contributed by atoms with van der Waals surface area (Å²) in [6, 6.07) is 11.3. The first-order chi connectivity index (χ1) is 12.5. The Hall–Kier alpha value is -2.38. The first kappa shape index (κ1) is 18.4. The van der Waals surface area contributed by atoms with Gasteiger partial charge in [-0.2, -0.15) is 5.10 Å². The number of halogens is 1. The number of thioether (sulfide) groups is 1. The Morgan fingerprint density at radius 3 is 2.77 bits per heavy atom. The lowest BCUT2D eigenvalue weighted by molar-refractivity contribution is -0.118. The van der Waals surface area contributed by atoms with Gasteiger partial charge in [0.05, 0.1) is 11.4 Å². The Labute approximate surface area is 161 Å². The van der Waals surface area contributed by atoms with E-state index in [1.807, 2.05) is 44.2 Å². The maximum Gasteiger partial charge on any atom is 0.230 e. The monoisotopic (exact) mass is 387 g/mol. The third-order valence-corrected chi connectivity index (χ3v) is 4.93. The zero-order valence-corrected chi connectivity index (χ0v) is 16.0. The van der Waals surface area contributed by atoms with Crippen LogP contribution in [0.15, 0.2) is 47.8 Å². The molecule has 2 aromatic heterocycles. The number of benzene rings is 1. The Morgan fingerprint density at radius 1 is 1.23 bits per heavy atom. The van der Waals surface area contributed by atoms with E-state index in [1.54, 1.807) is 10.7 Å². The summed E-state index contributed by atoms with van der Waals surface area (Å²) < 4.78 is 1.76. The van der Waals surface area contributed by atoms with Crippen LogP contribution < -0.4 is 5.32 Å². The Balaban J connectivity index is 1.58. The molecule has 0 radical (unpaired) electrons. The summed E-state index contributed by atoms with van der Waals surface area (Å²) in [6.45, 7) is 4.31. The van der Waals surface area contributed by atoms with Gasteiger partial charge in [-0.15, -0.1) is 0 Å². The van der Waals surface area contributed by atoms with Crippen molar-refractivity contribution in [3.05, 3.63) is 64.7 Å². The van der Waals surface area contributed by atoms with Crippen LogP contribution in [0.2, 0.25) is 5.02 Å². The van der Waals surface area contributed by atoms with E-state index in [0.29, 0.717) is 17.4 Å². The molecule has 1 N–H and O–H groups in total. The molecule has 0 aliphatic rings. The average molecular weight is 388 g/mol. The molecule has 1 aromatic carbocycles. The zero-order valence-electron chi connectivity index (χ0n) is 14.4. The largest absolute Gasteiger partial charge is 0.351 e. The fourth-order valence-corrected chi connectivity index (χ4v) is 3.31. The van der Waals surface area contributed by atoms with Crippen molar-refractivity contribution >= 4 is 29.3 Å². The molecule has 0 saturated heterocycles. The third-order valence-electron chi connectivity index (χ3n) is 3.64. The first-order valence-corrected chi connectivity index (χ1v) is 9.38. The van der Waals surface area contributed by atoms with Crippen LogP contribution in [0, 0.1) is 13.8 Å². The van der Waals surface area contributed by atoms with Gasteiger partial charge in [0.15, 0.2) is 5.82 Å². The van der Waals surface area contributed by atoms with E-state index in [-0.39, 0.29) is 11.7 Å². The highest BCUT2D eigenvalue weighted by molar-refractivity contribution is 7.99. The molecule has 0 spiro atoms. The van der Waals surface area contributed by atoms with Gasteiger partial charge in [-0.3, -0.25) is 4.79 Å². The van der Waals surface area contributed by atoms with Gasteiger partial charge < -0.3 is 5.32 Å². The molecule has 0 fully saturated rings. The van der Waals surface area contributed by atoms with Gasteiger partial charge in [0, 0.05) is 23.3 Å². The maximum absolute atomic E-state index is 12.1. The van der Waals surface area contributed by atoms with Crippen molar-refractivity contribution in [2.24, 2.45) is 0 Å². The molecular weight excluding hydrogens is 370 g/mol. The molecule has 0 bridgehead atoms. The molecule has 0 aliphatic heterocycles. The predicted octanol–water partition coefficient (Wildman–Crippen LogP) is 3.34. The second-order valence-electron chi connectivity index (χ2n) is 5.71. The molecular formula is C18H18ClN5OS. The molecule has 6 nitrogen and oxygen atoms in total. The van der Waals surface area contributed by atoms with Crippen molar-refractivity contribution in [3.63, 3.8) is 0 Å². The number of nitrogens with one attached hydrogen (secondary N) is 1. The van der Waals surface area contributed by atoms with E-state index < -0.39 is 0 Å². The quantitative estimate of drug-likeness (QED) is 0.518. The van der Waals surface area contributed by atoms with E-state index in [1.165, 1.54) is 18.1 Å². The van der Waals surface area contributed by atoms with Gasteiger partial charge in [0.25, 0.3) is 0 Å². The van der Waals surface area contributed by atoms with Crippen molar-refractivity contribution in [2.45, 2.75) is 25.4 Å². The molecule has 1 amide bonds. The highest BCUT2D eigenvalue weighted by Gasteiger charge is 2.09. The number of hydrogen-bond acceptors (Lipinski definition) is 5. The summed E-state index contributed by atoms with van der Waals surface area (Å²) in [4.78, 5) is 20.6. The average Bonchev–Trinajstić information content (AvgIpc) is 2.98. The van der Waals surface area contributed by atoms with E-state index >= 15 is 0 Å². The highest BCUT2D eigenvalue weighted by Crippen LogP contribution is 2.18. The number of amides is 1. The molecule has 2 heterocycles. The molecule has 0 aliphatic carbocycles. The third kappa shape index (κ3) is 4.62. The van der Waals surface area contributed by atoms with Gasteiger partial charge in [0.2, 0.25) is 5.91 Å². The Kier molecular flexibility index (Phi) is 5.90. The standard InChI is InChI=1S/C18H18ClN5OS/c1-12-7-13(2)24(23-12)16-8-18(22-11-21-16)26-10-17(25)20-9-14-5-3-4-6-15(14)19/h3-8,11H,9-10H2,1-2H3,(H,20,25). The van der Waals surface area contributed by atoms with Crippen molar-refractivity contribution in [2.75, 3.05) is 5.75 Å². The van der Waals surface area contributed by atoms with E-state index in [9.17, 15) is 4.79 Å². The minimum atomic E-state index is -0.0822. The fraction of sp³-hybridized carbons (Fsp3) is 0.222. The lowest BCUT2D eigenvalue weighted by Crippen LogP contribution is -2.24. The van der Waals surface area contributed by atoms with Crippen LogP contribution in [0.4, 0.5) is 0 Å². The van der Waals surface area contributed by atoms with E-state index in [2.05, 4.69) is 20.4 Å². The molecule has 8 heteroatoms. The van der Waals surface area contributed by atoms with E-state index in [0.717, 1.165) is 22.0 Å². The van der Waals surface area contributed by atoms with Crippen molar-refractivity contribution in [1.82, 2.24) is 25.1 Å². The van der Waals surface area contributed by atoms with Gasteiger partial charge in [-0.25, -0.2) is 14.6 Å². The smallest absolute Gasteiger partial charge is 0.230 e. The number of carbonyl (C=O) groups excluding carboxylic acids is 1. The van der Waals surface area contributed by atoms with Crippen LogP contribution in [0.3, 0.4) is 0 Å². The lowest BCUT2D eigenvalue weighted by atomic mass is 10.2. The Bertz CT molecular complexity index is 927. The maximum atomic E-state index is 12.1. The summed E-state index contributed by atoms with van der Waals surface area (Å²) in [5, 5.41) is 8.64. The second-order valence-corrected chi connectivity index (χ2v) is 7.11. The summed E-state index contributed by atoms with van der Waals surface area (Å²) >= 11 is 7.44. The van der Waals surface area contributed by atoms with Crippen LogP contribution >= 0.6 is 23.4 Å². The van der Waals surface area contributed by atoms with Gasteiger partial charge >= 0.3 is 0 Å². The molecule has 3 aromatic rings. The van der Waals surface area contributed by atoms with Gasteiger partial charge in [0.1, 0.15) is 11.4 Å². The molecule has 134 valence electrons. The number of aromatic nitrogens is 4. The predicted molar refractivity (Wildman–Crippen MR) is 103 cm³/mol. The van der Waals surface area contributed by atoms with Crippen LogP contribution in [-0.4, -0.2) is 31.4 Å². The highest BCUT2D eigenvalue weighted by atomic mass is 35.5. The number of carbonyl (C=O) groups is 1. The molecule has 0 atom stereocenters. The molecule has 0 unspecified atom stereocenters. The number of aryl methyl sites for hydroxylation is 2. The fourth-order valence-electron chi connectivity index (χ4n) is 2.41. The van der Waals surface area contributed by atoms with Gasteiger partial charge in [-0.05, 0) is 31.5 Å². The molecule has 3 rings (SSSR count). The van der Waals surface area contributed by atoms with Crippen molar-refractivity contribution < 1.29 is 4.79 Å². The number of rotatable bonds is 6. The summed E-state index contributed by atoms with van der Waals surface area (Å²) in [5.74, 6) is 0.864. The summed E-state index contributed by atoms with van der Waals surface area (Å²) in [6.07, 6.45) is 1.48. The van der Waals surface area contributed by atoms with Gasteiger partial charge in [-0.1, -0.05) is 41.6 Å². The number of hydrogen-bond donors (Lipinski definition) is 1. The van der Waals surface area contributed by atoms with Crippen LogP contribution in [0.25, 0.3) is 5.82 Å². The van der Waals surface area contributed by atoms with Crippen molar-refractivity contribution in [3.8, 4) is 5.82 Å². The van der Waals surface area contributed by atoms with E-state index in [4.69, 9.17) is 11.6 Å². The summed E-state index contributed by atoms with van der Waals surface area (Å²) in [5.41, 5.74) is 2.81. The van der Waals surface area contributed by atoms with Crippen LogP contribution in [-0.2, 0) is 11.3 Å². The number of nitrogens with zero attached hydrogens (tertiary/aromatic N) is 4. The zero-order chi connectivity index (χ0) is 18.5. The SMILES string of the molecule is Cc1cc(C)n(-c2cc(SCC(=O)NCc3ccccc3Cl)ncn2)n1. The lowest BCUT2D eigenvalue weighted by Gasteiger charge is -2.07. The Morgan fingerprint density at radius 2 is 2.04 bits per heavy atom. The molecule has 26 heavy (non-hydrogen) atoms. The normalized spacial score (nSPS) is 10.7. The van der Waals surface area contributed by atoms with Crippen LogP contribution in [0.5, 0.6) is 0 Å².